The van der Waals surface area contributed by atoms with Gasteiger partial charge in [0.05, 0.1) is 11.9 Å². The minimum atomic E-state index is -4.63. The highest BCUT2D eigenvalue weighted by Crippen LogP contribution is 2.35. The number of hydrogen-bond acceptors (Lipinski definition) is 3. The van der Waals surface area contributed by atoms with Crippen molar-refractivity contribution >= 4 is 21.7 Å². The van der Waals surface area contributed by atoms with Crippen molar-refractivity contribution in [3.63, 3.8) is 0 Å². The summed E-state index contributed by atoms with van der Waals surface area (Å²) < 4.78 is 59.0. The van der Waals surface area contributed by atoms with Crippen LogP contribution in [0.3, 0.4) is 0 Å². The Balaban J connectivity index is 3.10. The molecule has 1 aromatic rings. The second-order valence-corrected chi connectivity index (χ2v) is 4.18. The Kier molecular flexibility index (Phi) is 5.79. The van der Waals surface area contributed by atoms with Crippen LogP contribution in [0.5, 0.6) is 11.5 Å². The molecule has 0 aliphatic carbocycles. The lowest BCUT2D eigenvalue weighted by Gasteiger charge is -2.19. The van der Waals surface area contributed by atoms with Gasteiger partial charge in [-0.05, 0) is 25.1 Å². The molecule has 112 valence electrons. The third-order valence-electron chi connectivity index (χ3n) is 2.19. The Morgan fingerprint density at radius 2 is 2.00 bits per heavy atom. The maximum atomic E-state index is 12.9. The molecule has 0 bridgehead atoms. The van der Waals surface area contributed by atoms with Gasteiger partial charge < -0.3 is 9.47 Å². The van der Waals surface area contributed by atoms with E-state index in [0.29, 0.717) is 0 Å². The lowest BCUT2D eigenvalue weighted by Crippen LogP contribution is -2.33. The van der Waals surface area contributed by atoms with Crippen LogP contribution in [0.2, 0.25) is 0 Å². The van der Waals surface area contributed by atoms with Gasteiger partial charge in [-0.3, -0.25) is 4.79 Å². The van der Waals surface area contributed by atoms with Crippen LogP contribution in [-0.4, -0.2) is 30.3 Å². The van der Waals surface area contributed by atoms with Crippen LogP contribution in [-0.2, 0) is 0 Å². The predicted octanol–water partition coefficient (Wildman–Crippen LogP) is 3.90. The molecule has 0 spiro atoms. The highest BCUT2D eigenvalue weighted by Gasteiger charge is 2.44. The summed E-state index contributed by atoms with van der Waals surface area (Å²) in [6.07, 6.45) is -8.60. The number of carbonyl (C=O) groups is 1. The zero-order valence-electron chi connectivity index (χ0n) is 10.3. The molecule has 1 aromatic carbocycles. The predicted molar refractivity (Wildman–Crippen MR) is 67.3 cm³/mol. The van der Waals surface area contributed by atoms with Crippen LogP contribution in [0.4, 0.5) is 17.6 Å². The third kappa shape index (κ3) is 4.09. The first-order chi connectivity index (χ1) is 9.31. The van der Waals surface area contributed by atoms with Gasteiger partial charge in [-0.1, -0.05) is 15.9 Å². The minimum absolute atomic E-state index is 0.0337. The number of ketones is 1. The van der Waals surface area contributed by atoms with E-state index >= 15 is 0 Å². The lowest BCUT2D eigenvalue weighted by molar-refractivity contribution is -0.253. The van der Waals surface area contributed by atoms with Crippen LogP contribution in [0.15, 0.2) is 18.2 Å². The van der Waals surface area contributed by atoms with Crippen LogP contribution < -0.4 is 9.47 Å². The molecular weight excluding hydrogens is 348 g/mol. The van der Waals surface area contributed by atoms with Crippen molar-refractivity contribution in [1.82, 2.24) is 0 Å². The van der Waals surface area contributed by atoms with Gasteiger partial charge in [0.15, 0.2) is 17.3 Å². The molecule has 1 rings (SSSR count). The van der Waals surface area contributed by atoms with E-state index in [0.717, 1.165) is 6.07 Å². The van der Waals surface area contributed by atoms with E-state index in [9.17, 15) is 22.4 Å². The first-order valence-corrected chi connectivity index (χ1v) is 6.65. The number of halogens is 5. The summed E-state index contributed by atoms with van der Waals surface area (Å²) in [7, 11) is 0. The number of Topliss-reactive ketones (excluding diaryl/α,β-unsaturated/α-hetero) is 1. The number of ether oxygens (including phenoxy) is 2. The third-order valence-corrected chi connectivity index (χ3v) is 2.70. The minimum Gasteiger partial charge on any atom is -0.490 e. The number of benzene rings is 1. The maximum absolute atomic E-state index is 12.9. The molecule has 8 heteroatoms. The fourth-order valence-corrected chi connectivity index (χ4v) is 1.63. The van der Waals surface area contributed by atoms with Gasteiger partial charge in [-0.25, -0.2) is 0 Å². The van der Waals surface area contributed by atoms with E-state index in [1.54, 1.807) is 6.92 Å². The monoisotopic (exact) mass is 358 g/mol. The standard InChI is InChI=1S/C12H11BrF4O3/c1-2-19-10-5-7(8(18)6-13)3-4-9(10)20-12(16,17)11(14)15/h3-5,11H,2,6H2,1H3. The van der Waals surface area contributed by atoms with Crippen LogP contribution in [0.25, 0.3) is 0 Å². The Labute approximate surface area is 121 Å². The average molecular weight is 359 g/mol. The second kappa shape index (κ2) is 6.92. The smallest absolute Gasteiger partial charge is 0.461 e. The van der Waals surface area contributed by atoms with Crippen molar-refractivity contribution in [3.05, 3.63) is 23.8 Å². The molecule has 0 aliphatic heterocycles. The Morgan fingerprint density at radius 1 is 1.35 bits per heavy atom. The summed E-state index contributed by atoms with van der Waals surface area (Å²) in [6.45, 7) is 1.68. The average Bonchev–Trinajstić information content (AvgIpc) is 2.39. The summed E-state index contributed by atoms with van der Waals surface area (Å²) in [4.78, 5) is 11.5. The Hall–Kier alpha value is -1.31. The summed E-state index contributed by atoms with van der Waals surface area (Å²) in [5, 5.41) is 0.0337. The van der Waals surface area contributed by atoms with Gasteiger partial charge >= 0.3 is 12.5 Å². The van der Waals surface area contributed by atoms with Crippen molar-refractivity contribution in [1.29, 1.82) is 0 Å². The van der Waals surface area contributed by atoms with E-state index < -0.39 is 18.3 Å². The number of alkyl halides is 5. The van der Waals surface area contributed by atoms with Crippen LogP contribution >= 0.6 is 15.9 Å². The number of rotatable bonds is 7. The Bertz CT molecular complexity index is 480. The fourth-order valence-electron chi connectivity index (χ4n) is 1.30. The fraction of sp³-hybridized carbons (Fsp3) is 0.417. The van der Waals surface area contributed by atoms with Gasteiger partial charge in [0.2, 0.25) is 0 Å². The number of carbonyl (C=O) groups excluding carboxylic acids is 1. The lowest BCUT2D eigenvalue weighted by atomic mass is 10.1. The quantitative estimate of drug-likeness (QED) is 0.421. The molecule has 0 atom stereocenters. The van der Waals surface area contributed by atoms with Crippen LogP contribution in [0.1, 0.15) is 17.3 Å². The molecule has 0 saturated heterocycles. The summed E-state index contributed by atoms with van der Waals surface area (Å²) in [5.41, 5.74) is 0.193. The molecule has 3 nitrogen and oxygen atoms in total. The first kappa shape index (κ1) is 16.7. The highest BCUT2D eigenvalue weighted by atomic mass is 79.9. The molecular formula is C12H11BrF4O3. The van der Waals surface area contributed by atoms with Crippen molar-refractivity contribution in [3.8, 4) is 11.5 Å². The molecule has 20 heavy (non-hydrogen) atoms. The van der Waals surface area contributed by atoms with Gasteiger partial charge in [-0.15, -0.1) is 0 Å². The summed E-state index contributed by atoms with van der Waals surface area (Å²) in [5.74, 6) is -1.05. The van der Waals surface area contributed by atoms with E-state index in [-0.39, 0.29) is 29.0 Å². The van der Waals surface area contributed by atoms with Crippen LogP contribution in [0, 0.1) is 0 Å². The molecule has 0 radical (unpaired) electrons. The molecule has 0 amide bonds. The van der Waals surface area contributed by atoms with Crippen molar-refractivity contribution in [2.24, 2.45) is 0 Å². The molecule has 0 aromatic heterocycles. The van der Waals surface area contributed by atoms with Gasteiger partial charge in [0, 0.05) is 5.56 Å². The number of hydrogen-bond donors (Lipinski definition) is 0. The van der Waals surface area contributed by atoms with E-state index in [4.69, 9.17) is 4.74 Å². The van der Waals surface area contributed by atoms with Gasteiger partial charge in [-0.2, -0.15) is 17.6 Å². The zero-order valence-corrected chi connectivity index (χ0v) is 11.9. The largest absolute Gasteiger partial charge is 0.490 e. The van der Waals surface area contributed by atoms with Gasteiger partial charge in [0.1, 0.15) is 0 Å². The van der Waals surface area contributed by atoms with E-state index in [1.165, 1.54) is 12.1 Å². The zero-order chi connectivity index (χ0) is 15.3. The van der Waals surface area contributed by atoms with Crippen molar-refractivity contribution in [2.75, 3.05) is 11.9 Å². The summed E-state index contributed by atoms with van der Waals surface area (Å²) in [6, 6.07) is 3.37. The topological polar surface area (TPSA) is 35.5 Å². The molecule has 0 saturated carbocycles. The molecule has 0 fully saturated rings. The Morgan fingerprint density at radius 3 is 2.50 bits per heavy atom. The van der Waals surface area contributed by atoms with Crippen molar-refractivity contribution < 1.29 is 31.8 Å². The van der Waals surface area contributed by atoms with E-state index in [2.05, 4.69) is 20.7 Å². The summed E-state index contributed by atoms with van der Waals surface area (Å²) >= 11 is 2.96. The maximum Gasteiger partial charge on any atom is 0.461 e. The van der Waals surface area contributed by atoms with Crippen molar-refractivity contribution in [2.45, 2.75) is 19.5 Å². The molecule has 0 heterocycles. The molecule has 0 N–H and O–H groups in total. The highest BCUT2D eigenvalue weighted by molar-refractivity contribution is 9.09. The second-order valence-electron chi connectivity index (χ2n) is 3.62. The molecule has 0 aliphatic rings. The SMILES string of the molecule is CCOc1cc(C(=O)CBr)ccc1OC(F)(F)C(F)F. The first-order valence-electron chi connectivity index (χ1n) is 5.52. The van der Waals surface area contributed by atoms with Gasteiger partial charge in [0.25, 0.3) is 0 Å². The van der Waals surface area contributed by atoms with E-state index in [1.807, 2.05) is 0 Å². The normalized spacial score (nSPS) is 11.6. The molecule has 0 unspecified atom stereocenters.